The highest BCUT2D eigenvalue weighted by Gasteiger charge is 2.57. The number of hydrogen-bond acceptors (Lipinski definition) is 8. The van der Waals surface area contributed by atoms with Crippen molar-refractivity contribution in [1.29, 1.82) is 0 Å². The fraction of sp³-hybridized carbons (Fsp3) is 0.625. The van der Waals surface area contributed by atoms with Gasteiger partial charge in [-0.1, -0.05) is 25.1 Å². The molecule has 4 saturated heterocycles. The number of nitrogens with zero attached hydrogens (tertiary/aromatic N) is 4. The molecule has 296 valence electrons. The summed E-state index contributed by atoms with van der Waals surface area (Å²) in [5, 5.41) is 0. The summed E-state index contributed by atoms with van der Waals surface area (Å²) in [6, 6.07) is 10.8. The van der Waals surface area contributed by atoms with E-state index in [4.69, 9.17) is 14.2 Å². The molecular weight excluding hydrogens is 708 g/mol. The van der Waals surface area contributed by atoms with Crippen LogP contribution in [0.2, 0.25) is 0 Å². The zero-order valence-electron chi connectivity index (χ0n) is 31.6. The quantitative estimate of drug-likeness (QED) is 0.232. The fourth-order valence-electron chi connectivity index (χ4n) is 9.12. The molecule has 0 unspecified atom stereocenters. The Balaban J connectivity index is 1.29. The molecule has 4 heterocycles. The lowest BCUT2D eigenvalue weighted by Gasteiger charge is -2.37. The monoisotopic (exact) mass is 760 g/mol. The van der Waals surface area contributed by atoms with Crippen LogP contribution in [0.25, 0.3) is 0 Å². The molecule has 0 aromatic heterocycles. The predicted octanol–water partition coefficient (Wildman–Crippen LogP) is 5.50. The first kappa shape index (κ1) is 39.8. The third kappa shape index (κ3) is 8.05. The summed E-state index contributed by atoms with van der Waals surface area (Å²) in [4.78, 5) is 46.6. The second-order valence-corrected chi connectivity index (χ2v) is 15.2. The summed E-state index contributed by atoms with van der Waals surface area (Å²) in [6.07, 6.45) is -1.92. The van der Waals surface area contributed by atoms with Gasteiger partial charge in [-0.15, -0.1) is 0 Å². The highest BCUT2D eigenvalue weighted by Crippen LogP contribution is 2.47. The largest absolute Gasteiger partial charge is 0.497 e. The number of hydrogen-bond donors (Lipinski definition) is 0. The SMILES string of the molecule is CCC(=O)N1CCC(N2C[C@@H](c3ccc(OC)cc3)[C@](F)(C(=O)N3C[C@H](COC)[C@@H](c4ccc(C(F)(F)F)cc4N4CCC(C(=O)OC)CC4)C3)C2)CC1. The van der Waals surface area contributed by atoms with Crippen molar-refractivity contribution in [2.45, 2.75) is 68.8 Å². The molecule has 4 fully saturated rings. The number of esters is 1. The maximum Gasteiger partial charge on any atom is 0.416 e. The molecule has 0 bridgehead atoms. The van der Waals surface area contributed by atoms with E-state index in [1.807, 2.05) is 16.7 Å². The number of carbonyl (C=O) groups is 3. The Bertz CT molecular complexity index is 1640. The Hall–Kier alpha value is -3.91. The molecule has 14 heteroatoms. The van der Waals surface area contributed by atoms with Crippen molar-refractivity contribution in [2.75, 3.05) is 85.2 Å². The van der Waals surface area contributed by atoms with E-state index >= 15 is 4.39 Å². The lowest BCUT2D eigenvalue weighted by molar-refractivity contribution is -0.146. The summed E-state index contributed by atoms with van der Waals surface area (Å²) >= 11 is 0. The van der Waals surface area contributed by atoms with Gasteiger partial charge in [0.1, 0.15) is 5.75 Å². The van der Waals surface area contributed by atoms with Crippen LogP contribution in [-0.2, 0) is 30.0 Å². The van der Waals surface area contributed by atoms with Gasteiger partial charge in [0.2, 0.25) is 11.6 Å². The van der Waals surface area contributed by atoms with E-state index in [1.54, 1.807) is 36.3 Å². The molecule has 2 amide bonds. The van der Waals surface area contributed by atoms with Gasteiger partial charge in [0, 0.05) is 95.4 Å². The van der Waals surface area contributed by atoms with Crippen molar-refractivity contribution >= 4 is 23.5 Å². The number of piperidine rings is 2. The zero-order valence-corrected chi connectivity index (χ0v) is 31.6. The number of benzene rings is 2. The topological polar surface area (TPSA) is 91.9 Å². The molecular formula is C40H52F4N4O6. The van der Waals surface area contributed by atoms with E-state index in [-0.39, 0.29) is 56.0 Å². The summed E-state index contributed by atoms with van der Waals surface area (Å²) in [5.74, 6) is -2.10. The van der Waals surface area contributed by atoms with E-state index in [0.29, 0.717) is 87.4 Å². The van der Waals surface area contributed by atoms with Gasteiger partial charge in [0.15, 0.2) is 0 Å². The Kier molecular flexibility index (Phi) is 12.1. The number of likely N-dealkylation sites (tertiary alicyclic amines) is 3. The Morgan fingerprint density at radius 2 is 1.56 bits per heavy atom. The van der Waals surface area contributed by atoms with Gasteiger partial charge < -0.3 is 28.9 Å². The summed E-state index contributed by atoms with van der Waals surface area (Å²) < 4.78 is 76.0. The molecule has 6 rings (SSSR count). The summed E-state index contributed by atoms with van der Waals surface area (Å²) in [6.45, 7) is 4.45. The van der Waals surface area contributed by atoms with Gasteiger partial charge in [0.25, 0.3) is 5.91 Å². The van der Waals surface area contributed by atoms with Gasteiger partial charge in [-0.3, -0.25) is 19.3 Å². The highest BCUT2D eigenvalue weighted by atomic mass is 19.4. The van der Waals surface area contributed by atoms with Crippen molar-refractivity contribution in [3.8, 4) is 5.75 Å². The van der Waals surface area contributed by atoms with Crippen LogP contribution in [-0.4, -0.2) is 124 Å². The van der Waals surface area contributed by atoms with Gasteiger partial charge in [-0.25, -0.2) is 4.39 Å². The van der Waals surface area contributed by atoms with Crippen LogP contribution in [0.1, 0.15) is 67.6 Å². The zero-order chi connectivity index (χ0) is 38.8. The van der Waals surface area contributed by atoms with Crippen LogP contribution < -0.4 is 9.64 Å². The van der Waals surface area contributed by atoms with E-state index in [1.165, 1.54) is 20.3 Å². The van der Waals surface area contributed by atoms with Gasteiger partial charge >= 0.3 is 12.1 Å². The molecule has 0 radical (unpaired) electrons. The van der Waals surface area contributed by atoms with Gasteiger partial charge in [-0.05, 0) is 61.1 Å². The maximum absolute atomic E-state index is 18.0. The first-order valence-electron chi connectivity index (χ1n) is 19.0. The maximum atomic E-state index is 18.0. The second kappa shape index (κ2) is 16.4. The molecule has 10 nitrogen and oxygen atoms in total. The van der Waals surface area contributed by atoms with Crippen LogP contribution in [0.3, 0.4) is 0 Å². The number of halogens is 4. The van der Waals surface area contributed by atoms with Crippen molar-refractivity contribution in [2.24, 2.45) is 11.8 Å². The van der Waals surface area contributed by atoms with Gasteiger partial charge in [0.05, 0.1) is 32.3 Å². The van der Waals surface area contributed by atoms with E-state index < -0.39 is 35.2 Å². The number of rotatable bonds is 10. The van der Waals surface area contributed by atoms with E-state index in [9.17, 15) is 27.6 Å². The van der Waals surface area contributed by atoms with Crippen LogP contribution in [0.5, 0.6) is 5.75 Å². The number of alkyl halides is 4. The van der Waals surface area contributed by atoms with E-state index in [2.05, 4.69) is 4.90 Å². The number of carbonyl (C=O) groups excluding carboxylic acids is 3. The Morgan fingerprint density at radius 3 is 2.15 bits per heavy atom. The van der Waals surface area contributed by atoms with Crippen LogP contribution in [0.4, 0.5) is 23.2 Å². The third-order valence-electron chi connectivity index (χ3n) is 12.1. The Labute approximate surface area is 314 Å². The van der Waals surface area contributed by atoms with Crippen molar-refractivity contribution in [3.05, 3.63) is 59.2 Å². The number of ether oxygens (including phenoxy) is 3. The first-order chi connectivity index (χ1) is 25.8. The minimum absolute atomic E-state index is 0.00248. The highest BCUT2D eigenvalue weighted by molar-refractivity contribution is 5.88. The number of anilines is 1. The Morgan fingerprint density at radius 1 is 0.870 bits per heavy atom. The molecule has 4 atom stereocenters. The van der Waals surface area contributed by atoms with Crippen LogP contribution in [0, 0.1) is 11.8 Å². The predicted molar refractivity (Wildman–Crippen MR) is 194 cm³/mol. The molecule has 2 aromatic rings. The smallest absolute Gasteiger partial charge is 0.416 e. The van der Waals surface area contributed by atoms with Crippen molar-refractivity contribution in [3.63, 3.8) is 0 Å². The summed E-state index contributed by atoms with van der Waals surface area (Å²) in [7, 11) is 4.42. The average Bonchev–Trinajstić information content (AvgIpc) is 3.78. The lowest BCUT2D eigenvalue weighted by Crippen LogP contribution is -2.51. The van der Waals surface area contributed by atoms with Crippen LogP contribution in [0.15, 0.2) is 42.5 Å². The minimum atomic E-state index is -4.57. The molecule has 0 spiro atoms. The fourth-order valence-corrected chi connectivity index (χ4v) is 9.12. The minimum Gasteiger partial charge on any atom is -0.497 e. The molecule has 54 heavy (non-hydrogen) atoms. The third-order valence-corrected chi connectivity index (χ3v) is 12.1. The van der Waals surface area contributed by atoms with E-state index in [0.717, 1.165) is 12.1 Å². The molecule has 0 saturated carbocycles. The molecule has 4 aliphatic heterocycles. The molecule has 0 N–H and O–H groups in total. The lowest BCUT2D eigenvalue weighted by atomic mass is 9.85. The number of amides is 2. The molecule has 2 aromatic carbocycles. The normalized spacial score (nSPS) is 26.0. The van der Waals surface area contributed by atoms with Gasteiger partial charge in [-0.2, -0.15) is 13.2 Å². The van der Waals surface area contributed by atoms with Crippen molar-refractivity contribution in [1.82, 2.24) is 14.7 Å². The van der Waals surface area contributed by atoms with Crippen molar-refractivity contribution < 1.29 is 46.2 Å². The number of methoxy groups -OCH3 is 3. The standard InChI is InChI=1S/C40H52F4N4O6/c1-5-36(49)46-18-14-30(15-19-46)48-23-34(26-6-9-31(53-3)10-7-26)39(41,25-48)38(51)47-21-28(24-52-2)33(22-47)32-11-8-29(40(42,43)44)20-35(32)45-16-12-27(13-17-45)37(50)54-4/h6-11,20,27-28,30,33-34H,5,12-19,21-25H2,1-4H3/t28-,33+,34+,39+/m1/s1. The van der Waals surface area contributed by atoms with Crippen LogP contribution >= 0.6 is 0 Å². The summed E-state index contributed by atoms with van der Waals surface area (Å²) in [5.41, 5.74) is -1.35. The molecule has 4 aliphatic rings. The second-order valence-electron chi connectivity index (χ2n) is 15.2. The average molecular weight is 761 g/mol. The first-order valence-corrected chi connectivity index (χ1v) is 19.0. The molecule has 0 aliphatic carbocycles.